The fourth-order valence-electron chi connectivity index (χ4n) is 2.50. The minimum Gasteiger partial charge on any atom is -0.444 e. The summed E-state index contributed by atoms with van der Waals surface area (Å²) in [5, 5.41) is 2.67. The van der Waals surface area contributed by atoms with E-state index in [-0.39, 0.29) is 11.3 Å². The number of rotatable bonds is 3. The van der Waals surface area contributed by atoms with Gasteiger partial charge in [0.05, 0.1) is 6.04 Å². The third-order valence-electron chi connectivity index (χ3n) is 3.34. The Labute approximate surface area is 109 Å². The minimum absolute atomic E-state index is 0.227. The number of amides is 1. The molecule has 0 radical (unpaired) electrons. The molecule has 1 rings (SSSR count). The molecule has 18 heavy (non-hydrogen) atoms. The number of carbonyl (C=O) groups excluding carboxylic acids is 2. The van der Waals surface area contributed by atoms with Gasteiger partial charge in [-0.25, -0.2) is 4.79 Å². The van der Waals surface area contributed by atoms with Crippen molar-refractivity contribution in [1.82, 2.24) is 5.32 Å². The highest BCUT2D eigenvalue weighted by molar-refractivity contribution is 5.73. The molecule has 104 valence electrons. The lowest BCUT2D eigenvalue weighted by molar-refractivity contribution is -0.110. The number of carbonyl (C=O) groups is 2. The van der Waals surface area contributed by atoms with Crippen LogP contribution in [0.1, 0.15) is 53.9 Å². The summed E-state index contributed by atoms with van der Waals surface area (Å²) < 4.78 is 5.17. The molecule has 1 aliphatic carbocycles. The zero-order valence-electron chi connectivity index (χ0n) is 12.1. The number of nitrogens with one attached hydrogen (secondary N) is 1. The summed E-state index contributed by atoms with van der Waals surface area (Å²) in [6.45, 7) is 9.81. The molecule has 0 bridgehead atoms. The first kappa shape index (κ1) is 15.0. The first-order valence-corrected chi connectivity index (χ1v) is 6.58. The maximum absolute atomic E-state index is 11.7. The van der Waals surface area contributed by atoms with Crippen LogP contribution in [0.4, 0.5) is 4.79 Å². The van der Waals surface area contributed by atoms with E-state index in [1.165, 1.54) is 0 Å². The number of hydrogen-bond acceptors (Lipinski definition) is 3. The molecule has 2 atom stereocenters. The second kappa shape index (κ2) is 5.29. The van der Waals surface area contributed by atoms with Crippen LogP contribution in [0.3, 0.4) is 0 Å². The number of aldehydes is 1. The molecular weight excluding hydrogens is 230 g/mol. The highest BCUT2D eigenvalue weighted by Crippen LogP contribution is 2.42. The van der Waals surface area contributed by atoms with E-state index in [0.29, 0.717) is 0 Å². The Morgan fingerprint density at radius 1 is 1.44 bits per heavy atom. The molecule has 0 aromatic rings. The summed E-state index contributed by atoms with van der Waals surface area (Å²) in [7, 11) is 0. The molecule has 0 aliphatic heterocycles. The number of alkyl carbamates (subject to hydrolysis) is 1. The van der Waals surface area contributed by atoms with Crippen molar-refractivity contribution in [2.75, 3.05) is 0 Å². The number of hydrogen-bond donors (Lipinski definition) is 1. The third-order valence-corrected chi connectivity index (χ3v) is 3.34. The second-order valence-electron chi connectivity index (χ2n) is 6.98. The topological polar surface area (TPSA) is 55.4 Å². The fraction of sp³-hybridized carbons (Fsp3) is 0.857. The number of ether oxygens (including phenoxy) is 1. The average Bonchev–Trinajstić information content (AvgIpc) is 2.52. The largest absolute Gasteiger partial charge is 0.444 e. The van der Waals surface area contributed by atoms with Gasteiger partial charge in [0.2, 0.25) is 0 Å². The molecule has 4 heteroatoms. The van der Waals surface area contributed by atoms with Crippen molar-refractivity contribution >= 4 is 12.4 Å². The monoisotopic (exact) mass is 255 g/mol. The van der Waals surface area contributed by atoms with Crippen molar-refractivity contribution in [1.29, 1.82) is 0 Å². The summed E-state index contributed by atoms with van der Waals surface area (Å²) in [5.74, 6) is 0.227. The van der Waals surface area contributed by atoms with Crippen LogP contribution in [0, 0.1) is 11.3 Å². The van der Waals surface area contributed by atoms with E-state index >= 15 is 0 Å². The van der Waals surface area contributed by atoms with E-state index in [1.807, 2.05) is 0 Å². The van der Waals surface area contributed by atoms with Gasteiger partial charge in [-0.2, -0.15) is 0 Å². The van der Waals surface area contributed by atoms with Gasteiger partial charge in [-0.15, -0.1) is 0 Å². The lowest BCUT2D eigenvalue weighted by atomic mass is 9.89. The standard InChI is InChI=1S/C14H25NO3/c1-13(2,3)18-12(17)15-11(9-16)10-6-7-14(4,5)8-10/h9-11H,6-8H2,1-5H3,(H,15,17). The highest BCUT2D eigenvalue weighted by atomic mass is 16.6. The molecule has 1 fully saturated rings. The van der Waals surface area contributed by atoms with E-state index in [4.69, 9.17) is 4.74 Å². The summed E-state index contributed by atoms with van der Waals surface area (Å²) >= 11 is 0. The molecule has 1 N–H and O–H groups in total. The van der Waals surface area contributed by atoms with Gasteiger partial charge in [0.15, 0.2) is 0 Å². The average molecular weight is 255 g/mol. The molecular formula is C14H25NO3. The maximum atomic E-state index is 11.7. The predicted molar refractivity (Wildman–Crippen MR) is 70.3 cm³/mol. The van der Waals surface area contributed by atoms with E-state index < -0.39 is 17.7 Å². The Balaban J connectivity index is 2.53. The van der Waals surface area contributed by atoms with Gasteiger partial charge in [-0.05, 0) is 51.4 Å². The first-order valence-electron chi connectivity index (χ1n) is 6.58. The van der Waals surface area contributed by atoms with Crippen LogP contribution in [-0.2, 0) is 9.53 Å². The Bertz CT molecular complexity index is 317. The summed E-state index contributed by atoms with van der Waals surface area (Å²) in [6.07, 6.45) is 3.36. The van der Waals surface area contributed by atoms with Gasteiger partial charge in [0.1, 0.15) is 11.9 Å². The van der Waals surface area contributed by atoms with Crippen LogP contribution in [-0.4, -0.2) is 24.0 Å². The fourth-order valence-corrected chi connectivity index (χ4v) is 2.50. The van der Waals surface area contributed by atoms with Crippen molar-refractivity contribution < 1.29 is 14.3 Å². The van der Waals surface area contributed by atoms with E-state index in [1.54, 1.807) is 20.8 Å². The van der Waals surface area contributed by atoms with E-state index in [0.717, 1.165) is 25.5 Å². The normalized spacial score (nSPS) is 24.4. The summed E-state index contributed by atoms with van der Waals surface area (Å²) in [6, 6.07) is -0.429. The third kappa shape index (κ3) is 4.67. The van der Waals surface area contributed by atoms with Crippen LogP contribution in [0.25, 0.3) is 0 Å². The second-order valence-corrected chi connectivity index (χ2v) is 6.98. The zero-order chi connectivity index (χ0) is 14.0. The molecule has 1 amide bonds. The van der Waals surface area contributed by atoms with Gasteiger partial charge in [-0.1, -0.05) is 13.8 Å². The first-order chi connectivity index (χ1) is 8.13. The van der Waals surface area contributed by atoms with Gasteiger partial charge in [0, 0.05) is 0 Å². The highest BCUT2D eigenvalue weighted by Gasteiger charge is 2.36. The molecule has 2 unspecified atom stereocenters. The van der Waals surface area contributed by atoms with E-state index in [9.17, 15) is 9.59 Å². The Morgan fingerprint density at radius 2 is 2.06 bits per heavy atom. The molecule has 4 nitrogen and oxygen atoms in total. The molecule has 0 aromatic heterocycles. The smallest absolute Gasteiger partial charge is 0.408 e. The van der Waals surface area contributed by atoms with Crippen LogP contribution < -0.4 is 5.32 Å². The van der Waals surface area contributed by atoms with E-state index in [2.05, 4.69) is 19.2 Å². The van der Waals surface area contributed by atoms with Crippen molar-refractivity contribution in [3.63, 3.8) is 0 Å². The minimum atomic E-state index is -0.535. The van der Waals surface area contributed by atoms with Crippen LogP contribution in [0.2, 0.25) is 0 Å². The summed E-state index contributed by atoms with van der Waals surface area (Å²) in [5.41, 5.74) is -0.270. The molecule has 1 aliphatic rings. The lowest BCUT2D eigenvalue weighted by Gasteiger charge is -2.24. The van der Waals surface area contributed by atoms with Crippen molar-refractivity contribution in [3.8, 4) is 0 Å². The SMILES string of the molecule is CC1(C)CCC(C(C=O)NC(=O)OC(C)(C)C)C1. The predicted octanol–water partition coefficient (Wildman–Crippen LogP) is 2.90. The van der Waals surface area contributed by atoms with Crippen LogP contribution in [0.5, 0.6) is 0 Å². The van der Waals surface area contributed by atoms with Gasteiger partial charge in [0.25, 0.3) is 0 Å². The Morgan fingerprint density at radius 3 is 2.44 bits per heavy atom. The van der Waals surface area contributed by atoms with Crippen LogP contribution >= 0.6 is 0 Å². The molecule has 0 aromatic carbocycles. The maximum Gasteiger partial charge on any atom is 0.408 e. The van der Waals surface area contributed by atoms with Crippen LogP contribution in [0.15, 0.2) is 0 Å². The quantitative estimate of drug-likeness (QED) is 0.789. The van der Waals surface area contributed by atoms with Crippen molar-refractivity contribution in [2.24, 2.45) is 11.3 Å². The van der Waals surface area contributed by atoms with Gasteiger partial charge in [-0.3, -0.25) is 0 Å². The zero-order valence-corrected chi connectivity index (χ0v) is 12.1. The van der Waals surface area contributed by atoms with Gasteiger partial charge >= 0.3 is 6.09 Å². The van der Waals surface area contributed by atoms with Crippen molar-refractivity contribution in [2.45, 2.75) is 65.5 Å². The lowest BCUT2D eigenvalue weighted by Crippen LogP contribution is -2.43. The Kier molecular flexibility index (Phi) is 4.41. The molecule has 0 saturated heterocycles. The Hall–Kier alpha value is -1.06. The molecule has 0 heterocycles. The van der Waals surface area contributed by atoms with Crippen molar-refractivity contribution in [3.05, 3.63) is 0 Å². The van der Waals surface area contributed by atoms with Gasteiger partial charge < -0.3 is 14.8 Å². The molecule has 1 saturated carbocycles. The molecule has 0 spiro atoms. The summed E-state index contributed by atoms with van der Waals surface area (Å²) in [4.78, 5) is 22.8.